The van der Waals surface area contributed by atoms with Gasteiger partial charge in [0.2, 0.25) is 5.91 Å². The lowest BCUT2D eigenvalue weighted by Crippen LogP contribution is -2.43. The minimum absolute atomic E-state index is 0.0308. The molecule has 0 aliphatic carbocycles. The van der Waals surface area contributed by atoms with E-state index >= 15 is 0 Å². The molecule has 3 heterocycles. The van der Waals surface area contributed by atoms with Gasteiger partial charge < -0.3 is 14.6 Å². The second kappa shape index (κ2) is 6.24. The lowest BCUT2D eigenvalue weighted by molar-refractivity contribution is -0.122. The molecule has 1 aliphatic rings. The number of benzene rings is 1. The van der Waals surface area contributed by atoms with Gasteiger partial charge in [-0.3, -0.25) is 4.79 Å². The lowest BCUT2D eigenvalue weighted by atomic mass is 9.93. The van der Waals surface area contributed by atoms with Crippen LogP contribution in [0.5, 0.6) is 0 Å². The number of hydrogen-bond donors (Lipinski definition) is 1. The Morgan fingerprint density at radius 3 is 3.20 bits per heavy atom. The third kappa shape index (κ3) is 3.05. The Balaban J connectivity index is 1.45. The molecule has 0 bridgehead atoms. The van der Waals surface area contributed by atoms with Gasteiger partial charge in [-0.15, -0.1) is 11.3 Å². The summed E-state index contributed by atoms with van der Waals surface area (Å²) in [6.45, 7) is 3.01. The fraction of sp³-hybridized carbons (Fsp3) is 0.333. The van der Waals surface area contributed by atoms with Crippen LogP contribution >= 0.6 is 11.3 Å². The summed E-state index contributed by atoms with van der Waals surface area (Å²) in [5, 5.41) is 9.37. The fourth-order valence-corrected chi connectivity index (χ4v) is 4.15. The topological polar surface area (TPSA) is 64.4 Å². The van der Waals surface area contributed by atoms with Gasteiger partial charge in [0, 0.05) is 16.7 Å². The molecule has 25 heavy (non-hydrogen) atoms. The van der Waals surface area contributed by atoms with Gasteiger partial charge in [0.1, 0.15) is 17.1 Å². The second-order valence-electron chi connectivity index (χ2n) is 6.31. The zero-order valence-electron chi connectivity index (χ0n) is 13.7. The Morgan fingerprint density at radius 1 is 1.44 bits per heavy atom. The number of hydrogen-bond acceptors (Lipinski definition) is 5. The zero-order chi connectivity index (χ0) is 17.4. The van der Waals surface area contributed by atoms with Gasteiger partial charge in [0.05, 0.1) is 19.6 Å². The van der Waals surface area contributed by atoms with Crippen molar-refractivity contribution < 1.29 is 18.4 Å². The summed E-state index contributed by atoms with van der Waals surface area (Å²) in [6.07, 6.45) is 0.941. The van der Waals surface area contributed by atoms with Gasteiger partial charge in [-0.05, 0) is 42.1 Å². The number of nitrogens with one attached hydrogen (secondary N) is 1. The number of thiophene rings is 1. The van der Waals surface area contributed by atoms with Crippen LogP contribution in [0, 0.1) is 5.82 Å². The van der Waals surface area contributed by atoms with Crippen molar-refractivity contribution in [3.8, 4) is 0 Å². The zero-order valence-corrected chi connectivity index (χ0v) is 14.5. The minimum Gasteiger partial charge on any atom is -0.368 e. The lowest BCUT2D eigenvalue weighted by Gasteiger charge is -2.34. The van der Waals surface area contributed by atoms with E-state index in [9.17, 15) is 9.18 Å². The molecule has 1 aromatic carbocycles. The number of amides is 1. The van der Waals surface area contributed by atoms with Crippen molar-refractivity contribution in [3.63, 3.8) is 0 Å². The molecule has 0 saturated carbocycles. The number of fused-ring (bicyclic) bond motifs is 2. The van der Waals surface area contributed by atoms with E-state index in [1.165, 1.54) is 23.1 Å². The molecule has 1 atom stereocenters. The van der Waals surface area contributed by atoms with E-state index in [2.05, 4.69) is 21.9 Å². The Kier molecular flexibility index (Phi) is 4.05. The van der Waals surface area contributed by atoms with Gasteiger partial charge in [0.25, 0.3) is 0 Å². The standard InChI is InChI=1S/C18H17FN2O3S/c1-18(13-5-7-25-16(13)4-6-23-18)10-20-17(22)9-14-12-8-11(19)2-3-15(12)24-21-14/h2-3,5,7-8H,4,6,9-10H2,1H3,(H,20,22)/t18-/m1/s1. The average molecular weight is 360 g/mol. The molecule has 130 valence electrons. The van der Waals surface area contributed by atoms with E-state index in [-0.39, 0.29) is 18.1 Å². The third-order valence-corrected chi connectivity index (χ3v) is 5.50. The molecule has 0 fully saturated rings. The Bertz CT molecular complexity index is 935. The smallest absolute Gasteiger partial charge is 0.226 e. The first-order valence-electron chi connectivity index (χ1n) is 8.06. The molecule has 3 aromatic rings. The number of nitrogens with zero attached hydrogens (tertiary/aromatic N) is 1. The highest BCUT2D eigenvalue weighted by Crippen LogP contribution is 2.35. The van der Waals surface area contributed by atoms with E-state index in [0.717, 1.165) is 12.0 Å². The highest BCUT2D eigenvalue weighted by Gasteiger charge is 2.34. The van der Waals surface area contributed by atoms with Crippen LogP contribution in [0.25, 0.3) is 11.0 Å². The van der Waals surface area contributed by atoms with Gasteiger partial charge in [-0.2, -0.15) is 0 Å². The maximum absolute atomic E-state index is 13.4. The highest BCUT2D eigenvalue weighted by atomic mass is 32.1. The SMILES string of the molecule is C[C@]1(CNC(=O)Cc2noc3ccc(F)cc23)OCCc2sccc21. The quantitative estimate of drug-likeness (QED) is 0.776. The van der Waals surface area contributed by atoms with Gasteiger partial charge >= 0.3 is 0 Å². The maximum atomic E-state index is 13.4. The van der Waals surface area contributed by atoms with Crippen LogP contribution in [0.4, 0.5) is 4.39 Å². The Hall–Kier alpha value is -2.25. The van der Waals surface area contributed by atoms with E-state index < -0.39 is 5.60 Å². The van der Waals surface area contributed by atoms with Crippen LogP contribution in [-0.4, -0.2) is 24.2 Å². The fourth-order valence-electron chi connectivity index (χ4n) is 3.17. The van der Waals surface area contributed by atoms with Crippen LogP contribution in [0.15, 0.2) is 34.2 Å². The van der Waals surface area contributed by atoms with Crippen molar-refractivity contribution in [2.75, 3.05) is 13.2 Å². The number of ether oxygens (including phenoxy) is 1. The van der Waals surface area contributed by atoms with Crippen molar-refractivity contribution in [2.45, 2.75) is 25.4 Å². The van der Waals surface area contributed by atoms with Crippen LogP contribution in [-0.2, 0) is 28.0 Å². The predicted octanol–water partition coefficient (Wildman–Crippen LogP) is 3.18. The van der Waals surface area contributed by atoms with Crippen molar-refractivity contribution in [3.05, 3.63) is 51.6 Å². The van der Waals surface area contributed by atoms with E-state index in [1.54, 1.807) is 11.3 Å². The minimum atomic E-state index is -0.527. The van der Waals surface area contributed by atoms with Crippen molar-refractivity contribution in [1.29, 1.82) is 0 Å². The summed E-state index contributed by atoms with van der Waals surface area (Å²) in [4.78, 5) is 13.6. The van der Waals surface area contributed by atoms with Crippen molar-refractivity contribution >= 4 is 28.2 Å². The molecule has 5 nitrogen and oxygen atoms in total. The summed E-state index contributed by atoms with van der Waals surface area (Å²) >= 11 is 1.72. The van der Waals surface area contributed by atoms with Crippen LogP contribution < -0.4 is 5.32 Å². The largest absolute Gasteiger partial charge is 0.368 e. The average Bonchev–Trinajstić information content (AvgIpc) is 3.22. The first-order chi connectivity index (χ1) is 12.0. The predicted molar refractivity (Wildman–Crippen MR) is 92.0 cm³/mol. The van der Waals surface area contributed by atoms with Gasteiger partial charge in [-0.1, -0.05) is 5.16 Å². The molecule has 7 heteroatoms. The van der Waals surface area contributed by atoms with Crippen molar-refractivity contribution in [2.24, 2.45) is 0 Å². The summed E-state index contributed by atoms with van der Waals surface area (Å²) in [5.41, 5.74) is 1.51. The molecule has 4 rings (SSSR count). The molecule has 1 N–H and O–H groups in total. The molecular weight excluding hydrogens is 343 g/mol. The van der Waals surface area contributed by atoms with Crippen LogP contribution in [0.3, 0.4) is 0 Å². The monoisotopic (exact) mass is 360 g/mol. The Labute approximate surface area is 147 Å². The second-order valence-corrected chi connectivity index (χ2v) is 7.31. The van der Waals surface area contributed by atoms with Crippen molar-refractivity contribution in [1.82, 2.24) is 10.5 Å². The number of rotatable bonds is 4. The van der Waals surface area contributed by atoms with E-state index in [4.69, 9.17) is 9.26 Å². The van der Waals surface area contributed by atoms with Gasteiger partial charge in [-0.25, -0.2) is 4.39 Å². The summed E-state index contributed by atoms with van der Waals surface area (Å²) in [5.74, 6) is -0.586. The maximum Gasteiger partial charge on any atom is 0.226 e. The summed E-state index contributed by atoms with van der Waals surface area (Å²) < 4.78 is 24.5. The normalized spacial score (nSPS) is 19.8. The molecule has 1 amide bonds. The van der Waals surface area contributed by atoms with Crippen LogP contribution in [0.1, 0.15) is 23.1 Å². The van der Waals surface area contributed by atoms with Gasteiger partial charge in [0.15, 0.2) is 5.58 Å². The highest BCUT2D eigenvalue weighted by molar-refractivity contribution is 7.10. The first-order valence-corrected chi connectivity index (χ1v) is 8.94. The number of aromatic nitrogens is 1. The molecule has 0 saturated heterocycles. The summed E-state index contributed by atoms with van der Waals surface area (Å²) in [6, 6.07) is 6.20. The molecule has 0 unspecified atom stereocenters. The number of halogens is 1. The molecule has 0 radical (unpaired) electrons. The first kappa shape index (κ1) is 16.2. The van der Waals surface area contributed by atoms with E-state index in [0.29, 0.717) is 29.8 Å². The third-order valence-electron chi connectivity index (χ3n) is 4.52. The molecule has 0 spiro atoms. The van der Waals surface area contributed by atoms with Crippen LogP contribution in [0.2, 0.25) is 0 Å². The molecule has 1 aliphatic heterocycles. The van der Waals surface area contributed by atoms with E-state index in [1.807, 2.05) is 6.92 Å². The number of carbonyl (C=O) groups excluding carboxylic acids is 1. The molecular formula is C18H17FN2O3S. The Morgan fingerprint density at radius 2 is 2.32 bits per heavy atom. The molecule has 2 aromatic heterocycles. The number of carbonyl (C=O) groups is 1. The summed E-state index contributed by atoms with van der Waals surface area (Å²) in [7, 11) is 0.